The number of rotatable bonds is 5. The molecule has 0 amide bonds. The summed E-state index contributed by atoms with van der Waals surface area (Å²) in [5, 5.41) is 9.57. The van der Waals surface area contributed by atoms with Crippen LogP contribution in [0.4, 0.5) is 0 Å². The molecule has 21 heavy (non-hydrogen) atoms. The van der Waals surface area contributed by atoms with Gasteiger partial charge in [0.25, 0.3) is 0 Å². The van der Waals surface area contributed by atoms with Crippen LogP contribution in [-0.4, -0.2) is 12.6 Å². The molecule has 2 atom stereocenters. The molecule has 0 spiro atoms. The second-order valence-corrected chi connectivity index (χ2v) is 4.66. The van der Waals surface area contributed by atoms with Crippen LogP contribution in [0.3, 0.4) is 0 Å². The quantitative estimate of drug-likeness (QED) is 0.785. The van der Waals surface area contributed by atoms with Crippen LogP contribution in [-0.2, 0) is 9.53 Å². The number of benzene rings is 2. The third-order valence-corrected chi connectivity index (χ3v) is 3.33. The number of carbonyl (C=O) groups excluding carboxylic acids is 1. The van der Waals surface area contributed by atoms with Crippen LogP contribution in [0.15, 0.2) is 60.7 Å². The van der Waals surface area contributed by atoms with Gasteiger partial charge in [0.15, 0.2) is 0 Å². The summed E-state index contributed by atoms with van der Waals surface area (Å²) < 4.78 is 5.17. The molecule has 0 aliphatic carbocycles. The Morgan fingerprint density at radius 2 is 1.57 bits per heavy atom. The summed E-state index contributed by atoms with van der Waals surface area (Å²) in [4.78, 5) is 12.3. The summed E-state index contributed by atoms with van der Waals surface area (Å²) in [6, 6.07) is 20.9. The van der Waals surface area contributed by atoms with Crippen LogP contribution in [0, 0.1) is 11.3 Å². The number of ether oxygens (including phenoxy) is 1. The third-order valence-electron chi connectivity index (χ3n) is 3.33. The highest BCUT2D eigenvalue weighted by Gasteiger charge is 2.32. The molecule has 0 aliphatic heterocycles. The normalized spacial score (nSPS) is 13.0. The highest BCUT2D eigenvalue weighted by atomic mass is 16.5. The Balaban J connectivity index is 2.43. The minimum absolute atomic E-state index is 0.301. The topological polar surface area (TPSA) is 50.1 Å². The van der Waals surface area contributed by atoms with Crippen LogP contribution < -0.4 is 0 Å². The predicted molar refractivity (Wildman–Crippen MR) is 80.6 cm³/mol. The van der Waals surface area contributed by atoms with Crippen molar-refractivity contribution in [3.63, 3.8) is 0 Å². The molecule has 3 heteroatoms. The predicted octanol–water partition coefficient (Wildman–Crippen LogP) is 3.64. The van der Waals surface area contributed by atoms with Crippen LogP contribution in [0.2, 0.25) is 0 Å². The van der Waals surface area contributed by atoms with Crippen molar-refractivity contribution in [1.82, 2.24) is 0 Å². The minimum Gasteiger partial charge on any atom is -0.465 e. The van der Waals surface area contributed by atoms with E-state index in [-0.39, 0.29) is 5.97 Å². The fourth-order valence-corrected chi connectivity index (χ4v) is 2.36. The van der Waals surface area contributed by atoms with Gasteiger partial charge in [0.05, 0.1) is 18.6 Å². The van der Waals surface area contributed by atoms with E-state index in [1.54, 1.807) is 6.92 Å². The van der Waals surface area contributed by atoms with Crippen molar-refractivity contribution in [2.45, 2.75) is 18.8 Å². The Labute approximate surface area is 124 Å². The lowest BCUT2D eigenvalue weighted by molar-refractivity contribution is -0.145. The molecule has 2 rings (SSSR count). The zero-order valence-corrected chi connectivity index (χ0v) is 11.9. The molecule has 0 saturated carbocycles. The highest BCUT2D eigenvalue weighted by Crippen LogP contribution is 2.33. The van der Waals surface area contributed by atoms with Gasteiger partial charge < -0.3 is 4.74 Å². The van der Waals surface area contributed by atoms with E-state index in [0.29, 0.717) is 6.61 Å². The summed E-state index contributed by atoms with van der Waals surface area (Å²) in [5.41, 5.74) is 1.62. The van der Waals surface area contributed by atoms with E-state index < -0.39 is 11.8 Å². The van der Waals surface area contributed by atoms with Crippen molar-refractivity contribution in [2.75, 3.05) is 6.61 Å². The number of nitrogens with zero attached hydrogens (tertiary/aromatic N) is 1. The van der Waals surface area contributed by atoms with Gasteiger partial charge in [-0.05, 0) is 18.1 Å². The lowest BCUT2D eigenvalue weighted by Gasteiger charge is -2.21. The van der Waals surface area contributed by atoms with E-state index >= 15 is 0 Å². The molecule has 0 heterocycles. The molecule has 106 valence electrons. The average Bonchev–Trinajstić information content (AvgIpc) is 2.54. The number of esters is 1. The van der Waals surface area contributed by atoms with Crippen molar-refractivity contribution in [3.05, 3.63) is 71.8 Å². The SMILES string of the molecule is CCOC(=O)C(c1ccccc1)C(C#N)c1ccccc1. The van der Waals surface area contributed by atoms with Crippen LogP contribution in [0.1, 0.15) is 29.9 Å². The first-order valence-corrected chi connectivity index (χ1v) is 6.94. The second kappa shape index (κ2) is 7.25. The van der Waals surface area contributed by atoms with Crippen molar-refractivity contribution < 1.29 is 9.53 Å². The molecule has 0 N–H and O–H groups in total. The zero-order chi connectivity index (χ0) is 15.1. The van der Waals surface area contributed by atoms with Crippen LogP contribution in [0.25, 0.3) is 0 Å². The van der Waals surface area contributed by atoms with E-state index in [2.05, 4.69) is 6.07 Å². The summed E-state index contributed by atoms with van der Waals surface area (Å²) in [6.45, 7) is 2.07. The van der Waals surface area contributed by atoms with E-state index in [1.165, 1.54) is 0 Å². The zero-order valence-electron chi connectivity index (χ0n) is 11.9. The summed E-state index contributed by atoms with van der Waals surface area (Å²) >= 11 is 0. The van der Waals surface area contributed by atoms with Gasteiger partial charge >= 0.3 is 5.97 Å². The van der Waals surface area contributed by atoms with Gasteiger partial charge in [0.2, 0.25) is 0 Å². The smallest absolute Gasteiger partial charge is 0.315 e. The molecule has 3 nitrogen and oxygen atoms in total. The number of hydrogen-bond donors (Lipinski definition) is 0. The van der Waals surface area contributed by atoms with Crippen molar-refractivity contribution in [2.24, 2.45) is 0 Å². The van der Waals surface area contributed by atoms with Crippen molar-refractivity contribution in [1.29, 1.82) is 5.26 Å². The average molecular weight is 279 g/mol. The summed E-state index contributed by atoms with van der Waals surface area (Å²) in [5.74, 6) is -1.54. The standard InChI is InChI=1S/C18H17NO2/c1-2-21-18(20)17(15-11-7-4-8-12-15)16(13-19)14-9-5-3-6-10-14/h3-12,16-17H,2H2,1H3. The third kappa shape index (κ3) is 3.49. The van der Waals surface area contributed by atoms with E-state index in [9.17, 15) is 10.1 Å². The second-order valence-electron chi connectivity index (χ2n) is 4.66. The Morgan fingerprint density at radius 1 is 1.05 bits per heavy atom. The fraction of sp³-hybridized carbons (Fsp3) is 0.222. The van der Waals surface area contributed by atoms with Crippen LogP contribution in [0.5, 0.6) is 0 Å². The monoisotopic (exact) mass is 279 g/mol. The maximum atomic E-state index is 12.3. The van der Waals surface area contributed by atoms with Gasteiger partial charge in [0.1, 0.15) is 5.92 Å². The summed E-state index contributed by atoms with van der Waals surface area (Å²) in [6.07, 6.45) is 0. The first-order chi connectivity index (χ1) is 10.3. The van der Waals surface area contributed by atoms with Crippen LogP contribution >= 0.6 is 0 Å². The van der Waals surface area contributed by atoms with Gasteiger partial charge in [-0.2, -0.15) is 5.26 Å². The molecule has 2 aromatic carbocycles. The number of carbonyl (C=O) groups is 1. The highest BCUT2D eigenvalue weighted by molar-refractivity contribution is 5.80. The largest absolute Gasteiger partial charge is 0.465 e. The molecule has 0 fully saturated rings. The maximum Gasteiger partial charge on any atom is 0.315 e. The van der Waals surface area contributed by atoms with Gasteiger partial charge in [-0.15, -0.1) is 0 Å². The molecular weight excluding hydrogens is 262 g/mol. The van der Waals surface area contributed by atoms with E-state index in [1.807, 2.05) is 60.7 Å². The van der Waals surface area contributed by atoms with E-state index in [0.717, 1.165) is 11.1 Å². The maximum absolute atomic E-state index is 12.3. The van der Waals surface area contributed by atoms with Gasteiger partial charge in [-0.1, -0.05) is 60.7 Å². The Kier molecular flexibility index (Phi) is 5.11. The lowest BCUT2D eigenvalue weighted by atomic mass is 9.82. The lowest BCUT2D eigenvalue weighted by Crippen LogP contribution is -2.22. The molecule has 0 radical (unpaired) electrons. The molecule has 0 aromatic heterocycles. The van der Waals surface area contributed by atoms with Gasteiger partial charge in [-0.3, -0.25) is 4.79 Å². The molecule has 2 aromatic rings. The Bertz CT molecular complexity index is 617. The van der Waals surface area contributed by atoms with Crippen molar-refractivity contribution >= 4 is 5.97 Å². The fourth-order valence-electron chi connectivity index (χ4n) is 2.36. The van der Waals surface area contributed by atoms with Gasteiger partial charge in [0, 0.05) is 0 Å². The molecule has 2 unspecified atom stereocenters. The minimum atomic E-state index is -0.612. The van der Waals surface area contributed by atoms with Gasteiger partial charge in [-0.25, -0.2) is 0 Å². The summed E-state index contributed by atoms with van der Waals surface area (Å²) in [7, 11) is 0. The van der Waals surface area contributed by atoms with E-state index in [4.69, 9.17) is 4.74 Å². The number of nitriles is 1. The first kappa shape index (κ1) is 14.8. The van der Waals surface area contributed by atoms with Crippen molar-refractivity contribution in [3.8, 4) is 6.07 Å². The molecule has 0 bridgehead atoms. The first-order valence-electron chi connectivity index (χ1n) is 6.94. The molecule has 0 aliphatic rings. The Hall–Kier alpha value is -2.60. The molecular formula is C18H17NO2. The number of hydrogen-bond acceptors (Lipinski definition) is 3. The Morgan fingerprint density at radius 3 is 2.05 bits per heavy atom. The molecule has 0 saturated heterocycles.